The fraction of sp³-hybridized carbons (Fsp3) is 0.667. The van der Waals surface area contributed by atoms with E-state index in [1.54, 1.807) is 0 Å². The minimum Gasteiger partial charge on any atom is -0.396 e. The van der Waals surface area contributed by atoms with E-state index in [2.05, 4.69) is 0 Å². The van der Waals surface area contributed by atoms with Crippen molar-refractivity contribution in [3.05, 3.63) is 16.0 Å². The molecule has 0 amide bonds. The lowest BCUT2D eigenvalue weighted by atomic mass is 9.99. The lowest BCUT2D eigenvalue weighted by Crippen LogP contribution is -2.23. The molecule has 1 rings (SSSR count). The van der Waals surface area contributed by atoms with Gasteiger partial charge in [-0.25, -0.2) is 13.6 Å². The standard InChI is InChI=1S/C8H9ClF3NO3S2.C4H8F3N/c9-6-1-5(7(17-6)18(13,15)16)4(3-14)2-8(10,11)12;1-3(8)2-4(5,6)7/h1,4,14H,2-3H2,(H2,13,15,16);3H,2,8H2,1H3. The third-order valence-electron chi connectivity index (χ3n) is 2.64. The Labute approximate surface area is 155 Å². The van der Waals surface area contributed by atoms with Gasteiger partial charge in [-0.2, -0.15) is 26.3 Å². The molecule has 0 spiro atoms. The van der Waals surface area contributed by atoms with Gasteiger partial charge in [0.2, 0.25) is 10.0 Å². The highest BCUT2D eigenvalue weighted by Crippen LogP contribution is 2.39. The van der Waals surface area contributed by atoms with Crippen molar-refractivity contribution in [1.29, 1.82) is 0 Å². The number of aliphatic hydroxyl groups excluding tert-OH is 1. The molecule has 154 valence electrons. The molecule has 0 radical (unpaired) electrons. The van der Waals surface area contributed by atoms with E-state index >= 15 is 0 Å². The molecule has 2 atom stereocenters. The fourth-order valence-electron chi connectivity index (χ4n) is 1.78. The molecule has 1 aromatic rings. The molecule has 0 saturated carbocycles. The predicted octanol–water partition coefficient (Wildman–Crippen LogP) is 3.36. The third-order valence-corrected chi connectivity index (χ3v) is 5.42. The van der Waals surface area contributed by atoms with Crippen LogP contribution in [0.3, 0.4) is 0 Å². The zero-order valence-electron chi connectivity index (χ0n) is 13.2. The molecule has 26 heavy (non-hydrogen) atoms. The molecule has 0 fully saturated rings. The summed E-state index contributed by atoms with van der Waals surface area (Å²) in [5, 5.41) is 13.9. The molecule has 2 unspecified atom stereocenters. The van der Waals surface area contributed by atoms with Crippen molar-refractivity contribution in [2.75, 3.05) is 6.61 Å². The van der Waals surface area contributed by atoms with Gasteiger partial charge in [0.25, 0.3) is 0 Å². The molecule has 1 heterocycles. The van der Waals surface area contributed by atoms with Crippen molar-refractivity contribution < 1.29 is 39.9 Å². The van der Waals surface area contributed by atoms with E-state index in [0.717, 1.165) is 6.07 Å². The first-order valence-corrected chi connectivity index (χ1v) is 9.52. The summed E-state index contributed by atoms with van der Waals surface area (Å²) < 4.78 is 92.5. The van der Waals surface area contributed by atoms with Gasteiger partial charge >= 0.3 is 12.4 Å². The van der Waals surface area contributed by atoms with Gasteiger partial charge in [-0.15, -0.1) is 11.3 Å². The van der Waals surface area contributed by atoms with E-state index in [1.165, 1.54) is 6.92 Å². The molecule has 1 aromatic heterocycles. The number of rotatable bonds is 5. The van der Waals surface area contributed by atoms with E-state index < -0.39 is 58.0 Å². The molecule has 0 aliphatic rings. The minimum atomic E-state index is -4.53. The molecule has 5 N–H and O–H groups in total. The Balaban J connectivity index is 0.000000660. The van der Waals surface area contributed by atoms with E-state index in [-0.39, 0.29) is 9.90 Å². The minimum absolute atomic E-state index is 0.00495. The number of aliphatic hydroxyl groups is 1. The number of thiophene rings is 1. The quantitative estimate of drug-likeness (QED) is 0.598. The maximum Gasteiger partial charge on any atom is 0.390 e. The van der Waals surface area contributed by atoms with Gasteiger partial charge in [0.05, 0.1) is 23.8 Å². The van der Waals surface area contributed by atoms with Gasteiger partial charge in [-0.05, 0) is 18.6 Å². The predicted molar refractivity (Wildman–Crippen MR) is 85.5 cm³/mol. The van der Waals surface area contributed by atoms with Crippen molar-refractivity contribution in [3.63, 3.8) is 0 Å². The Morgan fingerprint density at radius 3 is 1.92 bits per heavy atom. The van der Waals surface area contributed by atoms with Gasteiger partial charge in [-0.1, -0.05) is 11.6 Å². The van der Waals surface area contributed by atoms with Crippen LogP contribution in [0.25, 0.3) is 0 Å². The highest BCUT2D eigenvalue weighted by Gasteiger charge is 2.35. The van der Waals surface area contributed by atoms with Gasteiger partial charge in [0, 0.05) is 12.0 Å². The number of hydrogen-bond donors (Lipinski definition) is 3. The molecular weight excluding hydrogens is 434 g/mol. The topological polar surface area (TPSA) is 106 Å². The van der Waals surface area contributed by atoms with Crippen LogP contribution in [0.5, 0.6) is 0 Å². The molecule has 5 nitrogen and oxygen atoms in total. The molecule has 0 aliphatic carbocycles. The number of halogens is 7. The Bertz CT molecular complexity index is 673. The van der Waals surface area contributed by atoms with Crippen molar-refractivity contribution >= 4 is 33.0 Å². The molecule has 0 bridgehead atoms. The summed E-state index contributed by atoms with van der Waals surface area (Å²) >= 11 is 6.14. The molecule has 14 heteroatoms. The van der Waals surface area contributed by atoms with Crippen LogP contribution in [-0.2, 0) is 10.0 Å². The summed E-state index contributed by atoms with van der Waals surface area (Å²) in [7, 11) is -4.17. The molecule has 0 saturated heterocycles. The van der Waals surface area contributed by atoms with Crippen LogP contribution >= 0.6 is 22.9 Å². The SMILES string of the molecule is CC(N)CC(F)(F)F.NS(=O)(=O)c1sc(Cl)cc1C(CO)CC(F)(F)F. The van der Waals surface area contributed by atoms with Crippen LogP contribution in [0, 0.1) is 0 Å². The lowest BCUT2D eigenvalue weighted by Gasteiger charge is -2.16. The summed E-state index contributed by atoms with van der Waals surface area (Å²) in [5.41, 5.74) is 4.66. The first-order chi connectivity index (χ1) is 11.5. The van der Waals surface area contributed by atoms with Crippen molar-refractivity contribution in [3.8, 4) is 0 Å². The van der Waals surface area contributed by atoms with E-state index in [9.17, 15) is 34.8 Å². The average Bonchev–Trinajstić information content (AvgIpc) is 2.74. The smallest absolute Gasteiger partial charge is 0.390 e. The third kappa shape index (κ3) is 10.5. The second kappa shape index (κ2) is 9.55. The van der Waals surface area contributed by atoms with Crippen molar-refractivity contribution in [2.45, 2.75) is 48.3 Å². The Morgan fingerprint density at radius 2 is 1.65 bits per heavy atom. The number of sulfonamides is 1. The highest BCUT2D eigenvalue weighted by atomic mass is 35.5. The summed E-state index contributed by atoms with van der Waals surface area (Å²) in [6.45, 7) is 0.475. The first kappa shape index (κ1) is 25.4. The summed E-state index contributed by atoms with van der Waals surface area (Å²) in [6, 6.07) is 0.300. The van der Waals surface area contributed by atoms with E-state index in [1.807, 2.05) is 0 Å². The number of hydrogen-bond acceptors (Lipinski definition) is 5. The Kier molecular flexibility index (Phi) is 9.33. The summed E-state index contributed by atoms with van der Waals surface area (Å²) in [5.74, 6) is -1.40. The van der Waals surface area contributed by atoms with Crippen LogP contribution < -0.4 is 10.9 Å². The number of primary sulfonamides is 1. The zero-order chi connectivity index (χ0) is 20.9. The largest absolute Gasteiger partial charge is 0.396 e. The molecule has 0 aliphatic heterocycles. The van der Waals surface area contributed by atoms with Crippen LogP contribution in [0.2, 0.25) is 4.34 Å². The number of nitrogens with two attached hydrogens (primary N) is 2. The van der Waals surface area contributed by atoms with Crippen LogP contribution in [0.15, 0.2) is 10.3 Å². The fourth-order valence-corrected chi connectivity index (χ4v) is 4.26. The van der Waals surface area contributed by atoms with Gasteiger partial charge < -0.3 is 10.8 Å². The van der Waals surface area contributed by atoms with Crippen LogP contribution in [0.4, 0.5) is 26.3 Å². The van der Waals surface area contributed by atoms with Crippen molar-refractivity contribution in [1.82, 2.24) is 0 Å². The van der Waals surface area contributed by atoms with Crippen LogP contribution in [0.1, 0.15) is 31.2 Å². The monoisotopic (exact) mass is 450 g/mol. The first-order valence-electron chi connectivity index (χ1n) is 6.78. The number of alkyl halides is 6. The lowest BCUT2D eigenvalue weighted by molar-refractivity contribution is -0.141. The van der Waals surface area contributed by atoms with E-state index in [4.69, 9.17) is 27.6 Å². The van der Waals surface area contributed by atoms with Gasteiger partial charge in [-0.3, -0.25) is 0 Å². The summed E-state index contributed by atoms with van der Waals surface area (Å²) in [4.78, 5) is 0. The molecule has 0 aromatic carbocycles. The molecular formula is C12H17ClF6N2O3S2. The van der Waals surface area contributed by atoms with Crippen LogP contribution in [-0.4, -0.2) is 38.5 Å². The maximum absolute atomic E-state index is 12.3. The second-order valence-electron chi connectivity index (χ2n) is 5.33. The highest BCUT2D eigenvalue weighted by molar-refractivity contribution is 7.91. The normalized spacial score (nSPS) is 15.2. The van der Waals surface area contributed by atoms with E-state index in [0.29, 0.717) is 11.3 Å². The van der Waals surface area contributed by atoms with Gasteiger partial charge in [0.1, 0.15) is 4.21 Å². The second-order valence-corrected chi connectivity index (χ2v) is 8.77. The summed E-state index contributed by atoms with van der Waals surface area (Å²) in [6.07, 6.45) is -10.9. The van der Waals surface area contributed by atoms with Gasteiger partial charge in [0.15, 0.2) is 0 Å². The zero-order valence-corrected chi connectivity index (χ0v) is 15.6. The Morgan fingerprint density at radius 1 is 1.19 bits per heavy atom. The average molecular weight is 451 g/mol. The maximum atomic E-state index is 12.3. The van der Waals surface area contributed by atoms with Crippen molar-refractivity contribution in [2.24, 2.45) is 10.9 Å². The Hall–Kier alpha value is -0.600.